The summed E-state index contributed by atoms with van der Waals surface area (Å²) in [5.74, 6) is 0.789. The molecule has 1 aliphatic rings. The number of nitrogens with zero attached hydrogens (tertiary/aromatic N) is 4. The molecule has 4 aromatic rings. The first-order valence-corrected chi connectivity index (χ1v) is 14.9. The van der Waals surface area contributed by atoms with Crippen molar-refractivity contribution in [1.82, 2.24) is 24.2 Å². The number of benzene rings is 1. The highest BCUT2D eigenvalue weighted by Gasteiger charge is 2.20. The number of amides is 2. The Labute approximate surface area is 230 Å². The summed E-state index contributed by atoms with van der Waals surface area (Å²) in [4.78, 5) is 37.8. The van der Waals surface area contributed by atoms with Crippen LogP contribution < -0.4 is 20.9 Å². The number of carbonyl (C=O) groups excluding carboxylic acids is 1. The molecule has 3 N–H and O–H groups in total. The number of likely N-dealkylation sites (tertiary alicyclic amines) is 1. The standard InChI is InChI=1S/C26H29N7O4S2/c1-17-5-10-24(38-17)39(36,37)31-26(35)30-20-7-9-23(28-16-20)33-18(2)29-22-15-19(6-8-21(22)25(33)34)27-11-14-32-12-3-4-13-32/h5-10,15-16,27H,3-4,11-14H2,1-2H3,(H2,30,31,35). The van der Waals surface area contributed by atoms with E-state index in [1.54, 1.807) is 32.0 Å². The molecule has 1 aromatic carbocycles. The van der Waals surface area contributed by atoms with Crippen molar-refractivity contribution in [3.05, 3.63) is 69.7 Å². The Morgan fingerprint density at radius 3 is 2.51 bits per heavy atom. The molecule has 1 aliphatic heterocycles. The molecule has 4 heterocycles. The lowest BCUT2D eigenvalue weighted by molar-refractivity contribution is 0.256. The minimum absolute atomic E-state index is 0.0484. The van der Waals surface area contributed by atoms with Gasteiger partial charge < -0.3 is 15.5 Å². The average Bonchev–Trinajstić information content (AvgIpc) is 3.57. The number of hydrogen-bond donors (Lipinski definition) is 3. The number of anilines is 2. The number of rotatable bonds is 8. The minimum Gasteiger partial charge on any atom is -0.384 e. The van der Waals surface area contributed by atoms with E-state index in [4.69, 9.17) is 0 Å². The van der Waals surface area contributed by atoms with Crippen LogP contribution in [0.2, 0.25) is 0 Å². The molecule has 0 radical (unpaired) electrons. The quantitative estimate of drug-likeness (QED) is 0.294. The van der Waals surface area contributed by atoms with Gasteiger partial charge in [0, 0.05) is 23.7 Å². The lowest BCUT2D eigenvalue weighted by Gasteiger charge is -2.16. The predicted octanol–water partition coefficient (Wildman–Crippen LogP) is 3.48. The summed E-state index contributed by atoms with van der Waals surface area (Å²) < 4.78 is 28.2. The Morgan fingerprint density at radius 2 is 1.82 bits per heavy atom. The topological polar surface area (TPSA) is 138 Å². The Bertz CT molecular complexity index is 1670. The third kappa shape index (κ3) is 6.10. The first-order chi connectivity index (χ1) is 18.7. The summed E-state index contributed by atoms with van der Waals surface area (Å²) in [5.41, 5.74) is 1.51. The van der Waals surface area contributed by atoms with Crippen molar-refractivity contribution in [2.45, 2.75) is 30.9 Å². The van der Waals surface area contributed by atoms with Crippen LogP contribution in [0.1, 0.15) is 23.5 Å². The largest absolute Gasteiger partial charge is 0.384 e. The van der Waals surface area contributed by atoms with Crippen LogP contribution in [0.5, 0.6) is 0 Å². The van der Waals surface area contributed by atoms with Crippen molar-refractivity contribution >= 4 is 49.7 Å². The van der Waals surface area contributed by atoms with Gasteiger partial charge in [0.15, 0.2) is 0 Å². The van der Waals surface area contributed by atoms with E-state index in [2.05, 4.69) is 25.5 Å². The van der Waals surface area contributed by atoms with Gasteiger partial charge in [-0.3, -0.25) is 4.79 Å². The number of aromatic nitrogens is 3. The number of sulfonamides is 1. The fraction of sp³-hybridized carbons (Fsp3) is 0.308. The Morgan fingerprint density at radius 1 is 1.05 bits per heavy atom. The SMILES string of the molecule is Cc1ccc(S(=O)(=O)NC(=O)Nc2ccc(-n3c(C)nc4cc(NCCN5CCCC5)ccc4c3=O)nc2)s1. The van der Waals surface area contributed by atoms with Gasteiger partial charge in [0.05, 0.1) is 22.8 Å². The number of urea groups is 1. The first-order valence-electron chi connectivity index (χ1n) is 12.6. The van der Waals surface area contributed by atoms with Gasteiger partial charge >= 0.3 is 6.03 Å². The zero-order valence-electron chi connectivity index (χ0n) is 21.6. The second-order valence-electron chi connectivity index (χ2n) is 9.34. The molecule has 11 nitrogen and oxygen atoms in total. The van der Waals surface area contributed by atoms with Crippen molar-refractivity contribution in [2.24, 2.45) is 0 Å². The number of pyridine rings is 1. The monoisotopic (exact) mass is 567 g/mol. The Balaban J connectivity index is 1.28. The van der Waals surface area contributed by atoms with Crippen molar-refractivity contribution < 1.29 is 13.2 Å². The minimum atomic E-state index is -3.98. The van der Waals surface area contributed by atoms with E-state index in [0.717, 1.165) is 48.1 Å². The molecular weight excluding hydrogens is 538 g/mol. The predicted molar refractivity (Wildman–Crippen MR) is 152 cm³/mol. The Hall–Kier alpha value is -3.81. The summed E-state index contributed by atoms with van der Waals surface area (Å²) in [6.45, 7) is 7.61. The average molecular weight is 568 g/mol. The smallest absolute Gasteiger partial charge is 0.333 e. The zero-order chi connectivity index (χ0) is 27.6. The van der Waals surface area contributed by atoms with Gasteiger partial charge in [-0.05, 0) is 82.2 Å². The number of carbonyl (C=O) groups is 1. The summed E-state index contributed by atoms with van der Waals surface area (Å²) in [7, 11) is -3.98. The Kier molecular flexibility index (Phi) is 7.64. The van der Waals surface area contributed by atoms with Gasteiger partial charge in [-0.15, -0.1) is 11.3 Å². The van der Waals surface area contributed by atoms with Gasteiger partial charge in [-0.2, -0.15) is 0 Å². The lowest BCUT2D eigenvalue weighted by atomic mass is 10.2. The van der Waals surface area contributed by atoms with Crippen LogP contribution >= 0.6 is 11.3 Å². The van der Waals surface area contributed by atoms with E-state index >= 15 is 0 Å². The van der Waals surface area contributed by atoms with E-state index in [9.17, 15) is 18.0 Å². The summed E-state index contributed by atoms with van der Waals surface area (Å²) in [6.07, 6.45) is 3.87. The molecule has 1 fully saturated rings. The van der Waals surface area contributed by atoms with Gasteiger partial charge in [-0.1, -0.05) is 0 Å². The van der Waals surface area contributed by atoms with E-state index < -0.39 is 16.1 Å². The van der Waals surface area contributed by atoms with Crippen LogP contribution in [0.4, 0.5) is 16.2 Å². The molecule has 0 saturated carbocycles. The second kappa shape index (κ2) is 11.1. The van der Waals surface area contributed by atoms with Crippen molar-refractivity contribution in [3.63, 3.8) is 0 Å². The molecule has 5 rings (SSSR count). The molecule has 0 unspecified atom stereocenters. The van der Waals surface area contributed by atoms with E-state index in [0.29, 0.717) is 22.5 Å². The summed E-state index contributed by atoms with van der Waals surface area (Å²) in [6, 6.07) is 10.8. The molecule has 3 aromatic heterocycles. The van der Waals surface area contributed by atoms with Crippen molar-refractivity contribution in [2.75, 3.05) is 36.8 Å². The van der Waals surface area contributed by atoms with E-state index in [-0.39, 0.29) is 15.5 Å². The van der Waals surface area contributed by atoms with E-state index in [1.807, 2.05) is 16.9 Å². The fourth-order valence-corrected chi connectivity index (χ4v) is 6.71. The highest BCUT2D eigenvalue weighted by molar-refractivity contribution is 7.92. The maximum Gasteiger partial charge on any atom is 0.333 e. The molecule has 1 saturated heterocycles. The third-order valence-corrected chi connectivity index (χ3v) is 9.26. The zero-order valence-corrected chi connectivity index (χ0v) is 23.2. The molecule has 39 heavy (non-hydrogen) atoms. The number of aryl methyl sites for hydroxylation is 2. The van der Waals surface area contributed by atoms with Gasteiger partial charge in [0.25, 0.3) is 15.6 Å². The normalized spacial score (nSPS) is 14.0. The molecule has 204 valence electrons. The third-order valence-electron chi connectivity index (χ3n) is 6.44. The number of hydrogen-bond acceptors (Lipinski definition) is 9. The van der Waals surface area contributed by atoms with Gasteiger partial charge in [0.2, 0.25) is 0 Å². The highest BCUT2D eigenvalue weighted by Crippen LogP contribution is 2.21. The molecule has 0 bridgehead atoms. The molecule has 13 heteroatoms. The molecule has 2 amide bonds. The lowest BCUT2D eigenvalue weighted by Crippen LogP contribution is -2.34. The van der Waals surface area contributed by atoms with Gasteiger partial charge in [-0.25, -0.2) is 32.5 Å². The second-order valence-corrected chi connectivity index (χ2v) is 12.5. The van der Waals surface area contributed by atoms with Crippen LogP contribution in [0.15, 0.2) is 57.7 Å². The number of nitrogens with one attached hydrogen (secondary N) is 3. The maximum atomic E-state index is 13.3. The maximum absolute atomic E-state index is 13.3. The molecule has 0 aliphatic carbocycles. The molecular formula is C26H29N7O4S2. The van der Waals surface area contributed by atoms with Gasteiger partial charge in [0.1, 0.15) is 15.9 Å². The highest BCUT2D eigenvalue weighted by atomic mass is 32.2. The molecule has 0 spiro atoms. The number of fused-ring (bicyclic) bond motifs is 1. The number of thiophene rings is 1. The van der Waals surface area contributed by atoms with E-state index in [1.165, 1.54) is 35.7 Å². The van der Waals surface area contributed by atoms with Crippen LogP contribution in [0, 0.1) is 13.8 Å². The van der Waals surface area contributed by atoms with Crippen LogP contribution in [-0.2, 0) is 10.0 Å². The fourth-order valence-electron chi connectivity index (χ4n) is 4.52. The molecule has 0 atom stereocenters. The van der Waals surface area contributed by atoms with Crippen LogP contribution in [0.3, 0.4) is 0 Å². The van der Waals surface area contributed by atoms with Crippen molar-refractivity contribution in [1.29, 1.82) is 0 Å². The van der Waals surface area contributed by atoms with Crippen LogP contribution in [0.25, 0.3) is 16.7 Å². The first kappa shape index (κ1) is 26.8. The van der Waals surface area contributed by atoms with Crippen molar-refractivity contribution in [3.8, 4) is 5.82 Å². The summed E-state index contributed by atoms with van der Waals surface area (Å²) >= 11 is 1.07. The van der Waals surface area contributed by atoms with Crippen LogP contribution in [-0.4, -0.2) is 60.1 Å². The summed E-state index contributed by atoms with van der Waals surface area (Å²) in [5, 5.41) is 6.33.